The number of amides is 1. The average Bonchev–Trinajstić information content (AvgIpc) is 3.09. The molecule has 1 amide bonds. The van der Waals surface area contributed by atoms with Crippen LogP contribution in [0.3, 0.4) is 0 Å². The molecule has 0 aromatic heterocycles. The van der Waals surface area contributed by atoms with E-state index in [1.54, 1.807) is 0 Å². The van der Waals surface area contributed by atoms with E-state index in [1.165, 1.54) is 6.42 Å². The molecule has 0 spiro atoms. The van der Waals surface area contributed by atoms with Gasteiger partial charge in [0.15, 0.2) is 0 Å². The lowest BCUT2D eigenvalue weighted by Crippen LogP contribution is -2.48. The van der Waals surface area contributed by atoms with Crippen LogP contribution in [0.1, 0.15) is 31.7 Å². The van der Waals surface area contributed by atoms with Crippen molar-refractivity contribution in [2.24, 2.45) is 23.5 Å². The Bertz CT molecular complexity index is 503. The van der Waals surface area contributed by atoms with Crippen LogP contribution in [0, 0.1) is 17.8 Å². The van der Waals surface area contributed by atoms with Gasteiger partial charge in [-0.05, 0) is 43.6 Å². The number of ether oxygens (including phenoxy) is 1. The number of hydrogen-bond acceptors (Lipinski definition) is 3. The number of nitrogens with two attached hydrogens (primary N) is 1. The Morgan fingerprint density at radius 3 is 2.73 bits per heavy atom. The Kier molecular flexibility index (Phi) is 4.79. The molecule has 1 aromatic carbocycles. The van der Waals surface area contributed by atoms with Gasteiger partial charge in [0.05, 0.1) is 19.1 Å². The maximum Gasteiger partial charge on any atom is 0.225 e. The Morgan fingerprint density at radius 2 is 2.05 bits per heavy atom. The second-order valence-corrected chi connectivity index (χ2v) is 6.85. The molecular formula is C18H26N2O2. The summed E-state index contributed by atoms with van der Waals surface area (Å²) in [6, 6.07) is 10.1. The minimum absolute atomic E-state index is 0.00956. The van der Waals surface area contributed by atoms with Crippen molar-refractivity contribution >= 4 is 5.91 Å². The van der Waals surface area contributed by atoms with Gasteiger partial charge in [-0.15, -0.1) is 0 Å². The van der Waals surface area contributed by atoms with Crippen molar-refractivity contribution in [1.82, 2.24) is 5.32 Å². The number of benzene rings is 1. The molecule has 2 bridgehead atoms. The van der Waals surface area contributed by atoms with Crippen molar-refractivity contribution in [3.05, 3.63) is 35.9 Å². The molecule has 0 aliphatic heterocycles. The zero-order valence-electron chi connectivity index (χ0n) is 13.2. The molecule has 0 saturated heterocycles. The molecule has 0 heterocycles. The third kappa shape index (κ3) is 3.33. The van der Waals surface area contributed by atoms with Crippen LogP contribution >= 0.6 is 0 Å². The molecule has 5 unspecified atom stereocenters. The Morgan fingerprint density at radius 1 is 1.32 bits per heavy atom. The summed E-state index contributed by atoms with van der Waals surface area (Å²) in [5.41, 5.74) is 7.37. The van der Waals surface area contributed by atoms with Gasteiger partial charge in [0.2, 0.25) is 5.91 Å². The van der Waals surface area contributed by atoms with Crippen molar-refractivity contribution in [2.75, 3.05) is 6.61 Å². The van der Waals surface area contributed by atoms with Crippen LogP contribution in [0.15, 0.2) is 30.3 Å². The highest BCUT2D eigenvalue weighted by molar-refractivity contribution is 5.80. The Balaban J connectivity index is 1.42. The summed E-state index contributed by atoms with van der Waals surface area (Å²) in [5, 5.41) is 3.08. The lowest BCUT2D eigenvalue weighted by molar-refractivity contribution is -0.128. The normalized spacial score (nSPS) is 31.2. The molecular weight excluding hydrogens is 276 g/mol. The SMILES string of the molecule is CC(COCc1ccccc1)NC(=O)C1C2CCC(C2)C1N. The fourth-order valence-electron chi connectivity index (χ4n) is 4.03. The topological polar surface area (TPSA) is 64.3 Å². The third-order valence-corrected chi connectivity index (χ3v) is 5.15. The van der Waals surface area contributed by atoms with E-state index in [9.17, 15) is 4.79 Å². The second kappa shape index (κ2) is 6.80. The highest BCUT2D eigenvalue weighted by atomic mass is 16.5. The molecule has 2 fully saturated rings. The van der Waals surface area contributed by atoms with Gasteiger partial charge in [0.1, 0.15) is 0 Å². The third-order valence-electron chi connectivity index (χ3n) is 5.15. The standard InChI is InChI=1S/C18H26N2O2/c1-12(10-22-11-13-5-3-2-4-6-13)20-18(21)16-14-7-8-15(9-14)17(16)19/h2-6,12,14-17H,7-11,19H2,1H3,(H,20,21). The van der Waals surface area contributed by atoms with E-state index < -0.39 is 0 Å². The van der Waals surface area contributed by atoms with Crippen LogP contribution in [0.25, 0.3) is 0 Å². The maximum atomic E-state index is 12.4. The van der Waals surface area contributed by atoms with Crippen LogP contribution in [0.4, 0.5) is 0 Å². The monoisotopic (exact) mass is 302 g/mol. The predicted molar refractivity (Wildman–Crippen MR) is 86.0 cm³/mol. The van der Waals surface area contributed by atoms with Crippen LogP contribution < -0.4 is 11.1 Å². The molecule has 1 aromatic rings. The van der Waals surface area contributed by atoms with Crippen LogP contribution in [0.5, 0.6) is 0 Å². The Labute approximate surface area is 132 Å². The summed E-state index contributed by atoms with van der Waals surface area (Å²) < 4.78 is 5.69. The highest BCUT2D eigenvalue weighted by Crippen LogP contribution is 2.47. The largest absolute Gasteiger partial charge is 0.375 e. The van der Waals surface area contributed by atoms with E-state index in [0.29, 0.717) is 25.0 Å². The van der Waals surface area contributed by atoms with Gasteiger partial charge in [-0.25, -0.2) is 0 Å². The first kappa shape index (κ1) is 15.5. The second-order valence-electron chi connectivity index (χ2n) is 6.85. The Hall–Kier alpha value is -1.39. The van der Waals surface area contributed by atoms with Gasteiger partial charge >= 0.3 is 0 Å². The van der Waals surface area contributed by atoms with E-state index in [-0.39, 0.29) is 23.9 Å². The fourth-order valence-corrected chi connectivity index (χ4v) is 4.03. The van der Waals surface area contributed by atoms with Gasteiger partial charge in [0, 0.05) is 12.1 Å². The van der Waals surface area contributed by atoms with Gasteiger partial charge in [0.25, 0.3) is 0 Å². The number of fused-ring (bicyclic) bond motifs is 2. The van der Waals surface area contributed by atoms with E-state index in [4.69, 9.17) is 10.5 Å². The number of nitrogens with one attached hydrogen (secondary N) is 1. The van der Waals surface area contributed by atoms with Gasteiger partial charge < -0.3 is 15.8 Å². The van der Waals surface area contributed by atoms with Gasteiger partial charge in [-0.1, -0.05) is 30.3 Å². The molecule has 2 saturated carbocycles. The number of carbonyl (C=O) groups excluding carboxylic acids is 1. The van der Waals surface area contributed by atoms with Crippen LogP contribution in [-0.4, -0.2) is 24.6 Å². The van der Waals surface area contributed by atoms with Gasteiger partial charge in [-0.3, -0.25) is 4.79 Å². The number of rotatable bonds is 6. The number of hydrogen-bond donors (Lipinski definition) is 2. The van der Waals surface area contributed by atoms with Crippen molar-refractivity contribution in [3.63, 3.8) is 0 Å². The molecule has 5 atom stereocenters. The molecule has 3 rings (SSSR count). The molecule has 120 valence electrons. The predicted octanol–water partition coefficient (Wildman–Crippen LogP) is 2.08. The summed E-state index contributed by atoms with van der Waals surface area (Å²) in [7, 11) is 0. The molecule has 4 heteroatoms. The molecule has 2 aliphatic carbocycles. The summed E-state index contributed by atoms with van der Waals surface area (Å²) in [6.07, 6.45) is 3.50. The maximum absolute atomic E-state index is 12.4. The van der Waals surface area contributed by atoms with Crippen molar-refractivity contribution in [3.8, 4) is 0 Å². The van der Waals surface area contributed by atoms with E-state index in [2.05, 4.69) is 5.32 Å². The van der Waals surface area contributed by atoms with Crippen LogP contribution in [-0.2, 0) is 16.1 Å². The first-order valence-corrected chi connectivity index (χ1v) is 8.32. The summed E-state index contributed by atoms with van der Waals surface area (Å²) in [5.74, 6) is 1.19. The smallest absolute Gasteiger partial charge is 0.225 e. The minimum Gasteiger partial charge on any atom is -0.375 e. The summed E-state index contributed by atoms with van der Waals surface area (Å²) >= 11 is 0. The van der Waals surface area contributed by atoms with Crippen LogP contribution in [0.2, 0.25) is 0 Å². The minimum atomic E-state index is 0.00956. The zero-order valence-corrected chi connectivity index (χ0v) is 13.2. The molecule has 3 N–H and O–H groups in total. The molecule has 2 aliphatic rings. The number of carbonyl (C=O) groups is 1. The van der Waals surface area contributed by atoms with Crippen molar-refractivity contribution < 1.29 is 9.53 Å². The molecule has 22 heavy (non-hydrogen) atoms. The lowest BCUT2D eigenvalue weighted by Gasteiger charge is -2.28. The van der Waals surface area contributed by atoms with Crippen molar-refractivity contribution in [1.29, 1.82) is 0 Å². The zero-order chi connectivity index (χ0) is 15.5. The first-order chi connectivity index (χ1) is 10.6. The molecule has 0 radical (unpaired) electrons. The van der Waals surface area contributed by atoms with E-state index >= 15 is 0 Å². The first-order valence-electron chi connectivity index (χ1n) is 8.32. The van der Waals surface area contributed by atoms with E-state index in [1.807, 2.05) is 37.3 Å². The average molecular weight is 302 g/mol. The van der Waals surface area contributed by atoms with E-state index in [0.717, 1.165) is 18.4 Å². The fraction of sp³-hybridized carbons (Fsp3) is 0.611. The highest BCUT2D eigenvalue weighted by Gasteiger charge is 2.49. The summed E-state index contributed by atoms with van der Waals surface area (Å²) in [4.78, 5) is 12.4. The van der Waals surface area contributed by atoms with Crippen molar-refractivity contribution in [2.45, 2.75) is 44.9 Å². The quantitative estimate of drug-likeness (QED) is 0.845. The van der Waals surface area contributed by atoms with Gasteiger partial charge in [-0.2, -0.15) is 0 Å². The molecule has 4 nitrogen and oxygen atoms in total. The summed E-state index contributed by atoms with van der Waals surface area (Å²) in [6.45, 7) is 3.09. The lowest BCUT2D eigenvalue weighted by atomic mass is 9.84.